The Labute approximate surface area is 316 Å². The van der Waals surface area contributed by atoms with Gasteiger partial charge in [0.25, 0.3) is 0 Å². The summed E-state index contributed by atoms with van der Waals surface area (Å²) < 4.78 is 5.33. The number of carbonyl (C=O) groups is 3. The maximum atomic E-state index is 12.8. The highest BCUT2D eigenvalue weighted by atomic mass is 16.7. The second-order valence-corrected chi connectivity index (χ2v) is 13.5. The Morgan fingerprint density at radius 3 is 2.00 bits per heavy atom. The van der Waals surface area contributed by atoms with Gasteiger partial charge in [0.1, 0.15) is 11.6 Å². The second-order valence-electron chi connectivity index (χ2n) is 13.5. The molecular formula is C43H50N4O7. The van der Waals surface area contributed by atoms with E-state index in [-0.39, 0.29) is 5.91 Å². The molecule has 0 spiro atoms. The van der Waals surface area contributed by atoms with E-state index in [2.05, 4.69) is 17.4 Å². The number of hydrogen-bond donors (Lipinski definition) is 4. The van der Waals surface area contributed by atoms with Crippen LogP contribution in [0.5, 0.6) is 5.75 Å². The van der Waals surface area contributed by atoms with Crippen LogP contribution < -0.4 is 10.2 Å². The SMILES string of the molecule is CCCCCCCCCCCCN(C)C(=O)C=Cc1ccc(-c2[nH]c(-c3ccc(C4=CC(C(=O)O)ON4)cc3)nc2-c2ccc(OCC(=O)O)cc2)cc1. The van der Waals surface area contributed by atoms with Gasteiger partial charge in [-0.05, 0) is 54.0 Å². The van der Waals surface area contributed by atoms with Crippen molar-refractivity contribution in [1.82, 2.24) is 20.3 Å². The van der Waals surface area contributed by atoms with Gasteiger partial charge in [-0.1, -0.05) is 113 Å². The first-order valence-electron chi connectivity index (χ1n) is 18.8. The number of imidazole rings is 1. The second kappa shape index (κ2) is 20.0. The van der Waals surface area contributed by atoms with E-state index in [9.17, 15) is 19.5 Å². The molecule has 0 saturated heterocycles. The fraction of sp³-hybridized carbons (Fsp3) is 0.349. The maximum absolute atomic E-state index is 12.8. The van der Waals surface area contributed by atoms with E-state index in [1.807, 2.05) is 73.8 Å². The third kappa shape index (κ3) is 11.4. The lowest BCUT2D eigenvalue weighted by atomic mass is 10.0. The number of aliphatic carboxylic acids is 2. The maximum Gasteiger partial charge on any atom is 0.341 e. The number of likely N-dealkylation sites (N-methyl/N-ethyl adjacent to an activating group) is 1. The molecule has 0 bridgehead atoms. The lowest BCUT2D eigenvalue weighted by Crippen LogP contribution is -2.25. The first kappa shape index (κ1) is 39.5. The van der Waals surface area contributed by atoms with Crippen molar-refractivity contribution in [3.8, 4) is 39.7 Å². The molecule has 2 heterocycles. The lowest BCUT2D eigenvalue weighted by Gasteiger charge is -2.14. The zero-order valence-corrected chi connectivity index (χ0v) is 31.1. The number of nitrogens with one attached hydrogen (secondary N) is 2. The Morgan fingerprint density at radius 2 is 1.39 bits per heavy atom. The van der Waals surface area contributed by atoms with Crippen LogP contribution in [0.15, 0.2) is 84.9 Å². The topological polar surface area (TPSA) is 154 Å². The van der Waals surface area contributed by atoms with Gasteiger partial charge < -0.3 is 24.8 Å². The molecule has 1 amide bonds. The summed E-state index contributed by atoms with van der Waals surface area (Å²) in [6.07, 6.45) is 16.5. The molecule has 0 aliphatic carbocycles. The molecule has 5 rings (SSSR count). The largest absolute Gasteiger partial charge is 0.482 e. The summed E-state index contributed by atoms with van der Waals surface area (Å²) >= 11 is 0. The molecule has 1 aliphatic rings. The van der Waals surface area contributed by atoms with Crippen LogP contribution in [0, 0.1) is 0 Å². The summed E-state index contributed by atoms with van der Waals surface area (Å²) in [5, 5.41) is 18.2. The van der Waals surface area contributed by atoms with Gasteiger partial charge >= 0.3 is 11.9 Å². The molecule has 0 saturated carbocycles. The summed E-state index contributed by atoms with van der Waals surface area (Å²) in [6.45, 7) is 2.55. The molecule has 4 aromatic rings. The molecule has 0 radical (unpaired) electrons. The van der Waals surface area contributed by atoms with Crippen LogP contribution in [0.1, 0.15) is 82.3 Å². The summed E-state index contributed by atoms with van der Waals surface area (Å²) in [5.74, 6) is -1.11. The zero-order chi connectivity index (χ0) is 38.3. The Kier molecular flexibility index (Phi) is 14.6. The molecule has 1 atom stereocenters. The van der Waals surface area contributed by atoms with Crippen molar-refractivity contribution in [2.24, 2.45) is 0 Å². The van der Waals surface area contributed by atoms with Crippen LogP contribution >= 0.6 is 0 Å². The van der Waals surface area contributed by atoms with E-state index in [1.165, 1.54) is 57.4 Å². The molecule has 11 heteroatoms. The monoisotopic (exact) mass is 734 g/mol. The number of H-pyrrole nitrogens is 1. The van der Waals surface area contributed by atoms with E-state index in [1.54, 1.807) is 23.1 Å². The van der Waals surface area contributed by atoms with Gasteiger partial charge in [-0.2, -0.15) is 0 Å². The van der Waals surface area contributed by atoms with Gasteiger partial charge in [0.05, 0.1) is 17.1 Å². The summed E-state index contributed by atoms with van der Waals surface area (Å²) in [5.41, 5.74) is 8.83. The molecule has 4 N–H and O–H groups in total. The fourth-order valence-electron chi connectivity index (χ4n) is 6.21. The standard InChI is InChI=1S/C43H50N4O7/c1-3-4-5-6-7-8-9-10-11-12-27-47(2)38(48)26-15-30-13-16-32(17-14-30)40-41(33-22-24-35(25-23-33)53-29-39(49)50)45-42(44-40)34-20-18-31(19-21-34)36-28-37(43(51)52)54-46-36/h13-26,28,37,46H,3-12,27,29H2,1-2H3,(H,44,45)(H,49,50)(H,51,52). The smallest absolute Gasteiger partial charge is 0.341 e. The number of rotatable bonds is 21. The summed E-state index contributed by atoms with van der Waals surface area (Å²) in [4.78, 5) is 50.4. The molecule has 0 fully saturated rings. The number of nitrogens with zero attached hydrogens (tertiary/aromatic N) is 2. The first-order valence-corrected chi connectivity index (χ1v) is 18.8. The minimum atomic E-state index is -1.08. The fourth-order valence-corrected chi connectivity index (χ4v) is 6.21. The number of benzene rings is 3. The number of hydroxylamine groups is 1. The quantitative estimate of drug-likeness (QED) is 0.0487. The van der Waals surface area contributed by atoms with E-state index >= 15 is 0 Å². The number of hydrogen-bond acceptors (Lipinski definition) is 7. The van der Waals surface area contributed by atoms with Crippen molar-refractivity contribution in [2.75, 3.05) is 20.2 Å². The van der Waals surface area contributed by atoms with Crippen molar-refractivity contribution in [3.63, 3.8) is 0 Å². The summed E-state index contributed by atoms with van der Waals surface area (Å²) in [6, 6.07) is 22.4. The van der Waals surface area contributed by atoms with Crippen LogP contribution in [0.3, 0.4) is 0 Å². The van der Waals surface area contributed by atoms with Gasteiger partial charge in [-0.3, -0.25) is 15.1 Å². The number of amides is 1. The van der Waals surface area contributed by atoms with E-state index < -0.39 is 24.6 Å². The molecule has 1 unspecified atom stereocenters. The Bertz CT molecular complexity index is 1900. The number of unbranched alkanes of at least 4 members (excludes halogenated alkanes) is 9. The van der Waals surface area contributed by atoms with Crippen molar-refractivity contribution >= 4 is 29.6 Å². The van der Waals surface area contributed by atoms with E-state index in [0.717, 1.165) is 52.9 Å². The third-order valence-corrected chi connectivity index (χ3v) is 9.36. The van der Waals surface area contributed by atoms with Crippen molar-refractivity contribution in [3.05, 3.63) is 96.1 Å². The minimum absolute atomic E-state index is 0.0217. The van der Waals surface area contributed by atoms with Crippen LogP contribution in [0.25, 0.3) is 45.7 Å². The van der Waals surface area contributed by atoms with Crippen molar-refractivity contribution in [1.29, 1.82) is 0 Å². The molecule has 1 aliphatic heterocycles. The number of aromatic amines is 1. The highest BCUT2D eigenvalue weighted by Gasteiger charge is 2.24. The average molecular weight is 735 g/mol. The molecular weight excluding hydrogens is 684 g/mol. The van der Waals surface area contributed by atoms with Crippen LogP contribution in [0.2, 0.25) is 0 Å². The number of ether oxygens (including phenoxy) is 1. The van der Waals surface area contributed by atoms with Crippen LogP contribution in [-0.2, 0) is 19.2 Å². The van der Waals surface area contributed by atoms with Crippen molar-refractivity contribution in [2.45, 2.75) is 77.2 Å². The number of carboxylic acids is 2. The van der Waals surface area contributed by atoms with Gasteiger partial charge in [0.2, 0.25) is 12.0 Å². The van der Waals surface area contributed by atoms with E-state index in [0.29, 0.717) is 23.0 Å². The zero-order valence-electron chi connectivity index (χ0n) is 31.1. The van der Waals surface area contributed by atoms with Crippen LogP contribution in [-0.4, -0.2) is 69.2 Å². The average Bonchev–Trinajstić information content (AvgIpc) is 3.87. The number of carboxylic acid groups (broad SMARTS) is 2. The Hall–Kier alpha value is -5.68. The van der Waals surface area contributed by atoms with Gasteiger partial charge in [0, 0.05) is 36.4 Å². The Balaban J connectivity index is 1.25. The number of aromatic nitrogens is 2. The Morgan fingerprint density at radius 1 is 0.796 bits per heavy atom. The molecule has 54 heavy (non-hydrogen) atoms. The number of carbonyl (C=O) groups excluding carboxylic acids is 1. The molecule has 11 nitrogen and oxygen atoms in total. The van der Waals surface area contributed by atoms with E-state index in [4.69, 9.17) is 19.7 Å². The third-order valence-electron chi connectivity index (χ3n) is 9.36. The predicted octanol–water partition coefficient (Wildman–Crippen LogP) is 8.60. The van der Waals surface area contributed by atoms with Crippen LogP contribution in [0.4, 0.5) is 0 Å². The minimum Gasteiger partial charge on any atom is -0.482 e. The van der Waals surface area contributed by atoms with Crippen molar-refractivity contribution < 1.29 is 34.2 Å². The highest BCUT2D eigenvalue weighted by Crippen LogP contribution is 2.34. The van der Waals surface area contributed by atoms with Gasteiger partial charge in [-0.25, -0.2) is 14.6 Å². The lowest BCUT2D eigenvalue weighted by molar-refractivity contribution is -0.148. The highest BCUT2D eigenvalue weighted by molar-refractivity contribution is 5.92. The molecule has 3 aromatic carbocycles. The molecule has 1 aromatic heterocycles. The normalized spacial score (nSPS) is 13.8. The van der Waals surface area contributed by atoms with Gasteiger partial charge in [0.15, 0.2) is 6.61 Å². The predicted molar refractivity (Wildman–Crippen MR) is 210 cm³/mol. The molecule has 284 valence electrons. The van der Waals surface area contributed by atoms with Gasteiger partial charge in [-0.15, -0.1) is 0 Å². The summed E-state index contributed by atoms with van der Waals surface area (Å²) in [7, 11) is 1.85. The first-order chi connectivity index (χ1) is 26.2.